The fourth-order valence-corrected chi connectivity index (χ4v) is 5.71. The van der Waals surface area contributed by atoms with Crippen LogP contribution in [0.1, 0.15) is 69.4 Å². The maximum atomic E-state index is 13.3. The van der Waals surface area contributed by atoms with E-state index in [1.807, 2.05) is 6.08 Å². The number of halogens is 1. The molecular formula is C31H33FN2S. The number of fused-ring (bicyclic) bond motifs is 2. The van der Waals surface area contributed by atoms with E-state index in [1.54, 1.807) is 23.9 Å². The van der Waals surface area contributed by atoms with Gasteiger partial charge in [0.1, 0.15) is 5.82 Å². The van der Waals surface area contributed by atoms with Gasteiger partial charge in [-0.3, -0.25) is 0 Å². The molecule has 1 aliphatic heterocycles. The van der Waals surface area contributed by atoms with Gasteiger partial charge >= 0.3 is 0 Å². The van der Waals surface area contributed by atoms with Crippen LogP contribution in [0, 0.1) is 17.1 Å². The molecule has 0 aliphatic carbocycles. The summed E-state index contributed by atoms with van der Waals surface area (Å²) in [5.74, 6) is -0.300. The average molecular weight is 485 g/mol. The number of nitriles is 1. The number of benzene rings is 3. The van der Waals surface area contributed by atoms with Crippen LogP contribution in [-0.4, -0.2) is 6.54 Å². The lowest BCUT2D eigenvalue weighted by Crippen LogP contribution is -2.22. The van der Waals surface area contributed by atoms with Gasteiger partial charge in [0.25, 0.3) is 0 Å². The van der Waals surface area contributed by atoms with Crippen molar-refractivity contribution in [3.05, 3.63) is 83.7 Å². The van der Waals surface area contributed by atoms with Gasteiger partial charge in [0, 0.05) is 16.3 Å². The Balaban J connectivity index is 1.50. The summed E-state index contributed by atoms with van der Waals surface area (Å²) in [5, 5.41) is 9.70. The summed E-state index contributed by atoms with van der Waals surface area (Å²) in [4.78, 5) is 4.92. The Morgan fingerprint density at radius 2 is 1.54 bits per heavy atom. The van der Waals surface area contributed by atoms with Crippen LogP contribution in [0.15, 0.2) is 76.5 Å². The molecule has 35 heavy (non-hydrogen) atoms. The van der Waals surface area contributed by atoms with Crippen LogP contribution in [0.3, 0.4) is 0 Å². The predicted molar refractivity (Wildman–Crippen MR) is 147 cm³/mol. The number of unbranched alkanes of at least 4 members (excludes halogenated alkanes) is 7. The van der Waals surface area contributed by atoms with E-state index in [1.165, 1.54) is 84.7 Å². The second-order valence-corrected chi connectivity index (χ2v) is 10.2. The third-order valence-electron chi connectivity index (χ3n) is 6.47. The lowest BCUT2D eigenvalue weighted by atomic mass is 10.0. The van der Waals surface area contributed by atoms with Gasteiger partial charge in [-0.25, -0.2) is 4.39 Å². The number of allylic oxidation sites excluding steroid dienone is 1. The molecule has 0 N–H and O–H groups in total. The van der Waals surface area contributed by atoms with Crippen LogP contribution < -0.4 is 4.90 Å². The van der Waals surface area contributed by atoms with Crippen molar-refractivity contribution < 1.29 is 4.39 Å². The minimum atomic E-state index is -0.300. The van der Waals surface area contributed by atoms with E-state index < -0.39 is 0 Å². The molecule has 1 aliphatic rings. The SMILES string of the molecule is CCCCCCCCCCN1c2ccccc2Sc2cc(/C=C(\C#N)c3ccc(F)cc3)ccc21. The monoisotopic (exact) mass is 484 g/mol. The van der Waals surface area contributed by atoms with E-state index in [9.17, 15) is 9.65 Å². The Kier molecular flexibility index (Phi) is 9.03. The molecule has 0 bridgehead atoms. The quantitative estimate of drug-likeness (QED) is 0.154. The highest BCUT2D eigenvalue weighted by atomic mass is 32.2. The third kappa shape index (κ3) is 6.55. The predicted octanol–water partition coefficient (Wildman–Crippen LogP) is 9.63. The van der Waals surface area contributed by atoms with Gasteiger partial charge in [-0.05, 0) is 60.0 Å². The molecule has 4 rings (SSSR count). The number of para-hydroxylation sites is 1. The minimum absolute atomic E-state index is 0.300. The van der Waals surface area contributed by atoms with Gasteiger partial charge in [0.05, 0.1) is 23.0 Å². The first-order valence-corrected chi connectivity index (χ1v) is 13.6. The van der Waals surface area contributed by atoms with Crippen molar-refractivity contribution in [3.8, 4) is 6.07 Å². The van der Waals surface area contributed by atoms with Crippen LogP contribution in [0.25, 0.3) is 11.6 Å². The minimum Gasteiger partial charge on any atom is -0.340 e. The Morgan fingerprint density at radius 3 is 2.29 bits per heavy atom. The van der Waals surface area contributed by atoms with Crippen molar-refractivity contribution in [2.45, 2.75) is 68.1 Å². The van der Waals surface area contributed by atoms with Crippen LogP contribution in [0.2, 0.25) is 0 Å². The van der Waals surface area contributed by atoms with E-state index in [2.05, 4.69) is 60.4 Å². The van der Waals surface area contributed by atoms with E-state index in [4.69, 9.17) is 0 Å². The smallest absolute Gasteiger partial charge is 0.123 e. The summed E-state index contributed by atoms with van der Waals surface area (Å²) in [6, 6.07) is 23.4. The first kappa shape index (κ1) is 25.1. The van der Waals surface area contributed by atoms with Crippen LogP contribution >= 0.6 is 11.8 Å². The molecule has 0 amide bonds. The summed E-state index contributed by atoms with van der Waals surface area (Å²) >= 11 is 1.78. The van der Waals surface area contributed by atoms with Gasteiger partial charge in [-0.15, -0.1) is 0 Å². The first-order valence-electron chi connectivity index (χ1n) is 12.8. The van der Waals surface area contributed by atoms with Gasteiger partial charge in [0.2, 0.25) is 0 Å². The molecule has 3 aromatic carbocycles. The zero-order valence-corrected chi connectivity index (χ0v) is 21.3. The maximum Gasteiger partial charge on any atom is 0.123 e. The van der Waals surface area contributed by atoms with Crippen molar-refractivity contribution in [3.63, 3.8) is 0 Å². The number of hydrogen-bond donors (Lipinski definition) is 0. The Morgan fingerprint density at radius 1 is 0.857 bits per heavy atom. The summed E-state index contributed by atoms with van der Waals surface area (Å²) < 4.78 is 13.3. The molecule has 0 atom stereocenters. The molecule has 0 saturated heterocycles. The molecule has 180 valence electrons. The zero-order chi connectivity index (χ0) is 24.5. The number of anilines is 2. The average Bonchev–Trinajstić information content (AvgIpc) is 2.88. The standard InChI is InChI=1S/C31H33FN2S/c1-2-3-4-5-6-7-8-11-20-34-28-12-9-10-13-30(28)35-31-22-24(14-19-29(31)34)21-26(23-33)25-15-17-27(32)18-16-25/h9-10,12-19,21-22H,2-8,11,20H2,1H3/b26-21+. The molecule has 4 heteroatoms. The third-order valence-corrected chi connectivity index (χ3v) is 7.58. The second kappa shape index (κ2) is 12.6. The fourth-order valence-electron chi connectivity index (χ4n) is 4.56. The lowest BCUT2D eigenvalue weighted by Gasteiger charge is -2.33. The van der Waals surface area contributed by atoms with Gasteiger partial charge in [0.15, 0.2) is 0 Å². The molecule has 0 spiro atoms. The fraction of sp³-hybridized carbons (Fsp3) is 0.323. The summed E-state index contributed by atoms with van der Waals surface area (Å²) in [5.41, 5.74) is 4.74. The van der Waals surface area contributed by atoms with Crippen molar-refractivity contribution in [2.75, 3.05) is 11.4 Å². The van der Waals surface area contributed by atoms with Crippen molar-refractivity contribution in [1.29, 1.82) is 5.26 Å². The summed E-state index contributed by atoms with van der Waals surface area (Å²) in [7, 11) is 0. The molecule has 0 saturated carbocycles. The Labute approximate surface area is 213 Å². The van der Waals surface area contributed by atoms with Crippen LogP contribution in [0.5, 0.6) is 0 Å². The first-order chi connectivity index (χ1) is 17.2. The van der Waals surface area contributed by atoms with E-state index >= 15 is 0 Å². The van der Waals surface area contributed by atoms with Crippen molar-refractivity contribution in [2.24, 2.45) is 0 Å². The molecule has 0 unspecified atom stereocenters. The topological polar surface area (TPSA) is 27.0 Å². The second-order valence-electron chi connectivity index (χ2n) is 9.10. The van der Waals surface area contributed by atoms with E-state index in [0.717, 1.165) is 17.7 Å². The number of hydrogen-bond acceptors (Lipinski definition) is 3. The van der Waals surface area contributed by atoms with Gasteiger partial charge < -0.3 is 4.90 Å². The van der Waals surface area contributed by atoms with Gasteiger partial charge in [-0.1, -0.05) is 94.0 Å². The van der Waals surface area contributed by atoms with E-state index in [0.29, 0.717) is 5.57 Å². The highest BCUT2D eigenvalue weighted by Gasteiger charge is 2.23. The molecule has 2 nitrogen and oxygen atoms in total. The molecule has 0 aromatic heterocycles. The molecule has 3 aromatic rings. The molecule has 0 radical (unpaired) electrons. The van der Waals surface area contributed by atoms with Gasteiger partial charge in [-0.2, -0.15) is 5.26 Å². The molecular weight excluding hydrogens is 451 g/mol. The summed E-state index contributed by atoms with van der Waals surface area (Å²) in [6.07, 6.45) is 12.4. The Hall–Kier alpha value is -3.03. The normalized spacial score (nSPS) is 12.7. The lowest BCUT2D eigenvalue weighted by molar-refractivity contribution is 0.576. The van der Waals surface area contributed by atoms with Crippen LogP contribution in [0.4, 0.5) is 15.8 Å². The van der Waals surface area contributed by atoms with Crippen molar-refractivity contribution >= 4 is 34.8 Å². The van der Waals surface area contributed by atoms with Crippen molar-refractivity contribution in [1.82, 2.24) is 0 Å². The zero-order valence-electron chi connectivity index (χ0n) is 20.5. The van der Waals surface area contributed by atoms with Crippen LogP contribution in [-0.2, 0) is 0 Å². The molecule has 0 fully saturated rings. The highest BCUT2D eigenvalue weighted by Crippen LogP contribution is 2.48. The molecule has 1 heterocycles. The summed E-state index contributed by atoms with van der Waals surface area (Å²) in [6.45, 7) is 3.27. The van der Waals surface area contributed by atoms with E-state index in [-0.39, 0.29) is 5.82 Å². The maximum absolute atomic E-state index is 13.3. The largest absolute Gasteiger partial charge is 0.340 e. The highest BCUT2D eigenvalue weighted by molar-refractivity contribution is 7.99. The number of rotatable bonds is 11. The number of nitrogens with zero attached hydrogens (tertiary/aromatic N) is 2. The Bertz CT molecular complexity index is 1190.